The standard InChI is InChI=1S/C9H9Cl2N/c1-3-6-7(10)4-5-8(12-2)9(6)11/h3-5,12H,1H2,2H3. The summed E-state index contributed by atoms with van der Waals surface area (Å²) < 4.78 is 0. The summed E-state index contributed by atoms with van der Waals surface area (Å²) in [5.41, 5.74) is 1.63. The molecule has 0 spiro atoms. The second kappa shape index (κ2) is 3.83. The van der Waals surface area contributed by atoms with Gasteiger partial charge in [-0.05, 0) is 12.1 Å². The summed E-state index contributed by atoms with van der Waals surface area (Å²) in [5.74, 6) is 0. The Kier molecular flexibility index (Phi) is 3.01. The Bertz CT molecular complexity index is 308. The van der Waals surface area contributed by atoms with E-state index in [0.29, 0.717) is 10.0 Å². The number of hydrogen-bond donors (Lipinski definition) is 1. The summed E-state index contributed by atoms with van der Waals surface area (Å²) in [6.07, 6.45) is 1.64. The molecule has 3 heteroatoms. The SMILES string of the molecule is C=Cc1c(Cl)ccc(NC)c1Cl. The van der Waals surface area contributed by atoms with E-state index < -0.39 is 0 Å². The van der Waals surface area contributed by atoms with Gasteiger partial charge in [-0.3, -0.25) is 0 Å². The minimum absolute atomic E-state index is 0.611. The topological polar surface area (TPSA) is 12.0 Å². The smallest absolute Gasteiger partial charge is 0.0724 e. The summed E-state index contributed by atoms with van der Waals surface area (Å²) in [5, 5.41) is 4.19. The zero-order valence-electron chi connectivity index (χ0n) is 6.70. The molecule has 12 heavy (non-hydrogen) atoms. The minimum atomic E-state index is 0.611. The highest BCUT2D eigenvalue weighted by molar-refractivity contribution is 6.38. The van der Waals surface area contributed by atoms with Crippen molar-refractivity contribution in [3.63, 3.8) is 0 Å². The molecule has 0 radical (unpaired) electrons. The second-order valence-electron chi connectivity index (χ2n) is 2.28. The third kappa shape index (κ3) is 1.57. The first-order chi connectivity index (χ1) is 5.70. The number of anilines is 1. The van der Waals surface area contributed by atoms with E-state index in [1.165, 1.54) is 0 Å². The molecule has 0 heterocycles. The highest BCUT2D eigenvalue weighted by Gasteiger charge is 2.05. The first kappa shape index (κ1) is 9.43. The van der Waals surface area contributed by atoms with E-state index in [9.17, 15) is 0 Å². The normalized spacial score (nSPS) is 9.58. The molecule has 0 amide bonds. The Labute approximate surface area is 82.0 Å². The first-order valence-electron chi connectivity index (χ1n) is 3.49. The van der Waals surface area contributed by atoms with Gasteiger partial charge in [0.1, 0.15) is 0 Å². The number of rotatable bonds is 2. The molecule has 64 valence electrons. The van der Waals surface area contributed by atoms with Crippen molar-refractivity contribution in [1.82, 2.24) is 0 Å². The minimum Gasteiger partial charge on any atom is -0.387 e. The van der Waals surface area contributed by atoms with E-state index in [0.717, 1.165) is 11.3 Å². The molecule has 0 fully saturated rings. The highest BCUT2D eigenvalue weighted by Crippen LogP contribution is 2.31. The lowest BCUT2D eigenvalue weighted by atomic mass is 10.2. The molecule has 0 atom stereocenters. The molecule has 0 saturated carbocycles. The molecule has 1 aromatic carbocycles. The van der Waals surface area contributed by atoms with Gasteiger partial charge in [-0.15, -0.1) is 0 Å². The fourth-order valence-corrected chi connectivity index (χ4v) is 1.57. The zero-order valence-corrected chi connectivity index (χ0v) is 8.21. The van der Waals surface area contributed by atoms with Crippen LogP contribution in [0, 0.1) is 0 Å². The summed E-state index contributed by atoms with van der Waals surface area (Å²) >= 11 is 11.9. The van der Waals surface area contributed by atoms with Gasteiger partial charge in [0.15, 0.2) is 0 Å². The van der Waals surface area contributed by atoms with Gasteiger partial charge in [-0.2, -0.15) is 0 Å². The average molecular weight is 202 g/mol. The lowest BCUT2D eigenvalue weighted by molar-refractivity contribution is 1.50. The van der Waals surface area contributed by atoms with Gasteiger partial charge in [0.05, 0.1) is 10.7 Å². The van der Waals surface area contributed by atoms with Crippen LogP contribution in [-0.2, 0) is 0 Å². The van der Waals surface area contributed by atoms with Crippen LogP contribution in [0.5, 0.6) is 0 Å². The summed E-state index contributed by atoms with van der Waals surface area (Å²) in [4.78, 5) is 0. The van der Waals surface area contributed by atoms with Gasteiger partial charge in [0, 0.05) is 17.6 Å². The fraction of sp³-hybridized carbons (Fsp3) is 0.111. The second-order valence-corrected chi connectivity index (χ2v) is 3.06. The molecule has 0 saturated heterocycles. The fourth-order valence-electron chi connectivity index (χ4n) is 0.950. The maximum Gasteiger partial charge on any atom is 0.0724 e. The van der Waals surface area contributed by atoms with Crippen LogP contribution >= 0.6 is 23.2 Å². The molecule has 1 N–H and O–H groups in total. The molecule has 0 aliphatic heterocycles. The lowest BCUT2D eigenvalue weighted by Gasteiger charge is -2.07. The van der Waals surface area contributed by atoms with Crippen molar-refractivity contribution in [1.29, 1.82) is 0 Å². The summed E-state index contributed by atoms with van der Waals surface area (Å²) in [7, 11) is 1.81. The summed E-state index contributed by atoms with van der Waals surface area (Å²) in [6.45, 7) is 3.63. The maximum absolute atomic E-state index is 6.00. The van der Waals surface area contributed by atoms with Gasteiger partial charge >= 0.3 is 0 Å². The van der Waals surface area contributed by atoms with Gasteiger partial charge in [-0.1, -0.05) is 35.9 Å². The molecule has 1 rings (SSSR count). The van der Waals surface area contributed by atoms with Gasteiger partial charge in [-0.25, -0.2) is 0 Å². The Hall–Kier alpha value is -0.660. The van der Waals surface area contributed by atoms with Gasteiger partial charge in [0.25, 0.3) is 0 Å². The van der Waals surface area contributed by atoms with Crippen molar-refractivity contribution in [2.75, 3.05) is 12.4 Å². The Morgan fingerprint density at radius 1 is 1.42 bits per heavy atom. The van der Waals surface area contributed by atoms with Gasteiger partial charge in [0.2, 0.25) is 0 Å². The average Bonchev–Trinajstić information content (AvgIpc) is 2.06. The Balaban J connectivity index is 3.33. The lowest BCUT2D eigenvalue weighted by Crippen LogP contribution is -1.90. The van der Waals surface area contributed by atoms with Crippen LogP contribution < -0.4 is 5.32 Å². The Morgan fingerprint density at radius 3 is 2.58 bits per heavy atom. The van der Waals surface area contributed by atoms with Crippen molar-refractivity contribution in [2.45, 2.75) is 0 Å². The number of nitrogens with one attached hydrogen (secondary N) is 1. The van der Waals surface area contributed by atoms with E-state index in [-0.39, 0.29) is 0 Å². The first-order valence-corrected chi connectivity index (χ1v) is 4.24. The molecule has 1 nitrogen and oxygen atoms in total. The molecule has 0 unspecified atom stereocenters. The quantitative estimate of drug-likeness (QED) is 0.771. The molecular formula is C9H9Cl2N. The predicted octanol–water partition coefficient (Wildman–Crippen LogP) is 3.68. The predicted molar refractivity (Wildman–Crippen MR) is 56.1 cm³/mol. The van der Waals surface area contributed by atoms with Crippen LogP contribution in [-0.4, -0.2) is 7.05 Å². The molecular weight excluding hydrogens is 193 g/mol. The molecule has 0 aromatic heterocycles. The van der Waals surface area contributed by atoms with Crippen molar-refractivity contribution in [3.05, 3.63) is 34.3 Å². The van der Waals surface area contributed by atoms with Crippen molar-refractivity contribution in [2.24, 2.45) is 0 Å². The number of benzene rings is 1. The molecule has 1 aromatic rings. The van der Waals surface area contributed by atoms with E-state index in [2.05, 4.69) is 11.9 Å². The van der Waals surface area contributed by atoms with E-state index >= 15 is 0 Å². The highest BCUT2D eigenvalue weighted by atomic mass is 35.5. The van der Waals surface area contributed by atoms with Crippen LogP contribution in [0.3, 0.4) is 0 Å². The van der Waals surface area contributed by atoms with Crippen LogP contribution in [0.1, 0.15) is 5.56 Å². The van der Waals surface area contributed by atoms with E-state index in [4.69, 9.17) is 23.2 Å². The van der Waals surface area contributed by atoms with Crippen LogP contribution in [0.4, 0.5) is 5.69 Å². The van der Waals surface area contributed by atoms with Crippen molar-refractivity contribution < 1.29 is 0 Å². The van der Waals surface area contributed by atoms with E-state index in [1.54, 1.807) is 12.1 Å². The summed E-state index contributed by atoms with van der Waals surface area (Å²) in [6, 6.07) is 3.62. The largest absolute Gasteiger partial charge is 0.387 e. The van der Waals surface area contributed by atoms with Crippen LogP contribution in [0.15, 0.2) is 18.7 Å². The Morgan fingerprint density at radius 2 is 2.08 bits per heavy atom. The molecule has 0 aliphatic rings. The molecule has 0 bridgehead atoms. The van der Waals surface area contributed by atoms with E-state index in [1.807, 2.05) is 13.1 Å². The van der Waals surface area contributed by atoms with Crippen molar-refractivity contribution >= 4 is 35.0 Å². The van der Waals surface area contributed by atoms with Crippen LogP contribution in [0.25, 0.3) is 6.08 Å². The maximum atomic E-state index is 6.00. The molecule has 0 aliphatic carbocycles. The third-order valence-corrected chi connectivity index (χ3v) is 2.34. The number of halogens is 2. The zero-order chi connectivity index (χ0) is 9.14. The third-order valence-electron chi connectivity index (χ3n) is 1.60. The van der Waals surface area contributed by atoms with Gasteiger partial charge < -0.3 is 5.32 Å². The number of hydrogen-bond acceptors (Lipinski definition) is 1. The van der Waals surface area contributed by atoms with Crippen LogP contribution in [0.2, 0.25) is 10.0 Å². The van der Waals surface area contributed by atoms with Crippen molar-refractivity contribution in [3.8, 4) is 0 Å². The monoisotopic (exact) mass is 201 g/mol.